The quantitative estimate of drug-likeness (QED) is 0.537. The Bertz CT molecular complexity index is 182. The number of hydrogen-bond donors (Lipinski definition) is 0. The maximum absolute atomic E-state index is 3.55. The highest BCUT2D eigenvalue weighted by Gasteiger charge is 2.07. The van der Waals surface area contributed by atoms with E-state index in [9.17, 15) is 0 Å². The second-order valence-corrected chi connectivity index (χ2v) is 3.26. The Hall–Kier alpha value is -0.700. The number of rotatable bonds is 5. The van der Waals surface area contributed by atoms with E-state index in [-0.39, 0.29) is 0 Å². The summed E-state index contributed by atoms with van der Waals surface area (Å²) >= 11 is 0. The van der Waals surface area contributed by atoms with Gasteiger partial charge in [-0.25, -0.2) is 0 Å². The summed E-state index contributed by atoms with van der Waals surface area (Å²) in [4.78, 5) is 0. The van der Waals surface area contributed by atoms with Crippen LogP contribution in [0.15, 0.2) is 23.6 Å². The van der Waals surface area contributed by atoms with Crippen molar-refractivity contribution in [3.63, 3.8) is 0 Å². The van der Waals surface area contributed by atoms with Gasteiger partial charge in [-0.2, -0.15) is 0 Å². The summed E-state index contributed by atoms with van der Waals surface area (Å²) in [5.41, 5.74) is 7.11. The summed E-state index contributed by atoms with van der Waals surface area (Å²) in [7, 11) is 0. The minimum Gasteiger partial charge on any atom is -0.0782 e. The Labute approximate surface area is 76.7 Å². The maximum Gasteiger partial charge on any atom is -0.0124 e. The third kappa shape index (κ3) is 4.23. The summed E-state index contributed by atoms with van der Waals surface area (Å²) in [6, 6.07) is 0. The molecule has 0 aromatic rings. The summed E-state index contributed by atoms with van der Waals surface area (Å²) in [6.45, 7) is 10.1. The van der Waals surface area contributed by atoms with E-state index in [0.717, 1.165) is 0 Å². The third-order valence-corrected chi connectivity index (χ3v) is 2.17. The van der Waals surface area contributed by atoms with Gasteiger partial charge in [0.15, 0.2) is 0 Å². The highest BCUT2D eigenvalue weighted by Crippen LogP contribution is 2.20. The van der Waals surface area contributed by atoms with E-state index < -0.39 is 0 Å². The maximum atomic E-state index is 3.55. The molecule has 0 atom stereocenters. The SMILES string of the molecule is C=C=C=C(C)C(CCC)CCC. The van der Waals surface area contributed by atoms with Crippen LogP contribution in [0.5, 0.6) is 0 Å². The van der Waals surface area contributed by atoms with Crippen LogP contribution in [0.2, 0.25) is 0 Å². The molecule has 0 saturated heterocycles. The van der Waals surface area contributed by atoms with Crippen LogP contribution in [0.4, 0.5) is 0 Å². The van der Waals surface area contributed by atoms with Crippen molar-refractivity contribution in [1.82, 2.24) is 0 Å². The molecule has 0 aliphatic heterocycles. The molecule has 0 aliphatic rings. The molecule has 0 nitrogen and oxygen atoms in total. The van der Waals surface area contributed by atoms with Crippen molar-refractivity contribution < 1.29 is 0 Å². The van der Waals surface area contributed by atoms with Crippen molar-refractivity contribution in [3.8, 4) is 0 Å². The average molecular weight is 164 g/mol. The Kier molecular flexibility index (Phi) is 6.57. The lowest BCUT2D eigenvalue weighted by Gasteiger charge is -2.13. The van der Waals surface area contributed by atoms with E-state index >= 15 is 0 Å². The molecule has 68 valence electrons. The molecule has 0 bridgehead atoms. The van der Waals surface area contributed by atoms with Crippen LogP contribution >= 0.6 is 0 Å². The molecule has 0 aromatic heterocycles. The normalized spacial score (nSPS) is 9.33. The average Bonchev–Trinajstić information content (AvgIpc) is 2.04. The van der Waals surface area contributed by atoms with Gasteiger partial charge in [0, 0.05) is 0 Å². The summed E-state index contributed by atoms with van der Waals surface area (Å²) in [5, 5.41) is 0. The summed E-state index contributed by atoms with van der Waals surface area (Å²) in [6.07, 6.45) is 5.05. The van der Waals surface area contributed by atoms with Crippen LogP contribution in [-0.4, -0.2) is 0 Å². The van der Waals surface area contributed by atoms with E-state index in [4.69, 9.17) is 0 Å². The fraction of sp³-hybridized carbons (Fsp3) is 0.667. The van der Waals surface area contributed by atoms with Crippen LogP contribution in [0.1, 0.15) is 46.5 Å². The highest BCUT2D eigenvalue weighted by molar-refractivity contribution is 5.01. The predicted octanol–water partition coefficient (Wildman–Crippen LogP) is 4.09. The molecule has 0 N–H and O–H groups in total. The molecule has 0 fully saturated rings. The van der Waals surface area contributed by atoms with Crippen molar-refractivity contribution in [2.75, 3.05) is 0 Å². The zero-order chi connectivity index (χ0) is 9.40. The Morgan fingerprint density at radius 1 is 1.25 bits per heavy atom. The van der Waals surface area contributed by atoms with Gasteiger partial charge in [0.2, 0.25) is 0 Å². The molecule has 0 aliphatic carbocycles. The van der Waals surface area contributed by atoms with E-state index in [1.165, 1.54) is 31.3 Å². The molecule has 0 unspecified atom stereocenters. The van der Waals surface area contributed by atoms with Crippen LogP contribution in [-0.2, 0) is 0 Å². The number of allylic oxidation sites excluding steroid dienone is 1. The second-order valence-electron chi connectivity index (χ2n) is 3.26. The van der Waals surface area contributed by atoms with E-state index in [1.807, 2.05) is 0 Å². The first kappa shape index (κ1) is 11.3. The van der Waals surface area contributed by atoms with Gasteiger partial charge in [0.05, 0.1) is 0 Å². The zero-order valence-electron chi connectivity index (χ0n) is 8.61. The van der Waals surface area contributed by atoms with Crippen molar-refractivity contribution in [3.05, 3.63) is 23.6 Å². The molecule has 0 amide bonds. The van der Waals surface area contributed by atoms with Crippen molar-refractivity contribution in [1.29, 1.82) is 0 Å². The van der Waals surface area contributed by atoms with Crippen molar-refractivity contribution in [2.24, 2.45) is 5.92 Å². The zero-order valence-corrected chi connectivity index (χ0v) is 8.61. The van der Waals surface area contributed by atoms with Gasteiger partial charge in [-0.15, -0.1) is 0 Å². The van der Waals surface area contributed by atoms with Crippen LogP contribution < -0.4 is 0 Å². The van der Waals surface area contributed by atoms with Crippen molar-refractivity contribution >= 4 is 0 Å². The molecule has 0 heteroatoms. The van der Waals surface area contributed by atoms with E-state index in [1.54, 1.807) is 0 Å². The first-order valence-electron chi connectivity index (χ1n) is 4.87. The monoisotopic (exact) mass is 164 g/mol. The minimum atomic E-state index is 0.703. The predicted molar refractivity (Wildman–Crippen MR) is 55.1 cm³/mol. The largest absolute Gasteiger partial charge is 0.0782 e. The first-order valence-corrected chi connectivity index (χ1v) is 4.87. The smallest absolute Gasteiger partial charge is 0.0124 e. The molecule has 12 heavy (non-hydrogen) atoms. The Balaban J connectivity index is 4.28. The van der Waals surface area contributed by atoms with Gasteiger partial charge in [-0.1, -0.05) is 38.2 Å². The first-order chi connectivity index (χ1) is 5.76. The molecule has 0 rings (SSSR count). The molecular formula is C12H20. The molecule has 0 saturated carbocycles. The van der Waals surface area contributed by atoms with Gasteiger partial charge >= 0.3 is 0 Å². The van der Waals surface area contributed by atoms with E-state index in [2.05, 4.69) is 38.8 Å². The topological polar surface area (TPSA) is 0 Å². The molecule has 0 radical (unpaired) electrons. The molecule has 0 heterocycles. The fourth-order valence-electron chi connectivity index (χ4n) is 1.52. The molecular weight excluding hydrogens is 144 g/mol. The second kappa shape index (κ2) is 6.98. The summed E-state index contributed by atoms with van der Waals surface area (Å²) < 4.78 is 0. The number of hydrogen-bond acceptors (Lipinski definition) is 0. The van der Waals surface area contributed by atoms with Gasteiger partial charge in [-0.3, -0.25) is 0 Å². The molecule has 0 spiro atoms. The lowest BCUT2D eigenvalue weighted by atomic mass is 9.92. The highest BCUT2D eigenvalue weighted by atomic mass is 14.1. The lowest BCUT2D eigenvalue weighted by Crippen LogP contribution is -2.00. The summed E-state index contributed by atoms with van der Waals surface area (Å²) in [5.74, 6) is 0.703. The van der Waals surface area contributed by atoms with Crippen LogP contribution in [0.25, 0.3) is 0 Å². The van der Waals surface area contributed by atoms with Crippen molar-refractivity contribution in [2.45, 2.75) is 46.5 Å². The van der Waals surface area contributed by atoms with Gasteiger partial charge in [-0.05, 0) is 37.8 Å². The van der Waals surface area contributed by atoms with Gasteiger partial charge in [0.1, 0.15) is 0 Å². The van der Waals surface area contributed by atoms with E-state index in [0.29, 0.717) is 5.92 Å². The Morgan fingerprint density at radius 3 is 2.08 bits per heavy atom. The molecule has 0 aromatic carbocycles. The lowest BCUT2D eigenvalue weighted by molar-refractivity contribution is 0.505. The third-order valence-electron chi connectivity index (χ3n) is 2.17. The van der Waals surface area contributed by atoms with Crippen LogP contribution in [0.3, 0.4) is 0 Å². The fourth-order valence-corrected chi connectivity index (χ4v) is 1.52. The Morgan fingerprint density at radius 2 is 1.75 bits per heavy atom. The van der Waals surface area contributed by atoms with Gasteiger partial charge in [0.25, 0.3) is 0 Å². The van der Waals surface area contributed by atoms with Gasteiger partial charge < -0.3 is 0 Å². The minimum absolute atomic E-state index is 0.703. The van der Waals surface area contributed by atoms with Crippen LogP contribution in [0, 0.1) is 5.92 Å². The standard InChI is InChI=1S/C12H20/c1-5-8-11(4)12(9-6-2)10-7-3/h12H,1,6-7,9-10H2,2-4H3.